The van der Waals surface area contributed by atoms with Crippen LogP contribution in [0, 0.1) is 0 Å². The molecule has 210 valence electrons. The summed E-state index contributed by atoms with van der Waals surface area (Å²) in [6, 6.07) is 15.8. The Morgan fingerprint density at radius 2 is 1.64 bits per heavy atom. The number of aromatic nitrogens is 1. The van der Waals surface area contributed by atoms with E-state index in [1.165, 1.54) is 6.26 Å². The van der Waals surface area contributed by atoms with Crippen molar-refractivity contribution in [3.8, 4) is 5.75 Å². The Balaban J connectivity index is 0.000000519. The van der Waals surface area contributed by atoms with Gasteiger partial charge in [0.1, 0.15) is 11.6 Å². The van der Waals surface area contributed by atoms with Gasteiger partial charge in [-0.15, -0.1) is 0 Å². The molecule has 0 radical (unpaired) electrons. The number of aromatic amines is 1. The van der Waals surface area contributed by atoms with E-state index < -0.39 is 9.84 Å². The van der Waals surface area contributed by atoms with Crippen molar-refractivity contribution in [2.45, 2.75) is 23.8 Å². The van der Waals surface area contributed by atoms with E-state index in [1.807, 2.05) is 12.3 Å². The molecule has 0 spiro atoms. The number of rotatable bonds is 7. The van der Waals surface area contributed by atoms with Crippen LogP contribution in [0.4, 0.5) is 17.2 Å². The quantitative estimate of drug-likeness (QED) is 0.302. The molecule has 0 bridgehead atoms. The lowest BCUT2D eigenvalue weighted by Crippen LogP contribution is -2.48. The Kier molecular flexibility index (Phi) is 9.85. The second-order valence-electron chi connectivity index (χ2n) is 9.68. The average Bonchev–Trinajstić information content (AvgIpc) is 3.43. The number of piperidine rings is 1. The van der Waals surface area contributed by atoms with Crippen molar-refractivity contribution in [2.24, 2.45) is 0 Å². The smallest absolute Gasteiger partial charge is 0.251 e. The highest BCUT2D eigenvalue weighted by molar-refractivity contribution is 7.90. The minimum absolute atomic E-state index is 0.0524. The number of hydrogen-bond donors (Lipinski definition) is 5. The molecule has 3 heterocycles. The minimum atomic E-state index is -3.21. The molecule has 2 aromatic carbocycles. The van der Waals surface area contributed by atoms with E-state index in [9.17, 15) is 13.2 Å². The van der Waals surface area contributed by atoms with E-state index in [0.717, 1.165) is 68.5 Å². The maximum Gasteiger partial charge on any atom is 0.251 e. The normalized spacial score (nSPS) is 17.5. The molecule has 2 aliphatic heterocycles. The van der Waals surface area contributed by atoms with Gasteiger partial charge in [0, 0.05) is 75.1 Å². The Labute approximate surface area is 230 Å². The second kappa shape index (κ2) is 13.5. The molecule has 2 aliphatic rings. The summed E-state index contributed by atoms with van der Waals surface area (Å²) >= 11 is 0. The molecular weight excluding hydrogens is 516 g/mol. The van der Waals surface area contributed by atoms with Gasteiger partial charge in [0.05, 0.1) is 17.7 Å². The van der Waals surface area contributed by atoms with Crippen LogP contribution in [0.25, 0.3) is 0 Å². The lowest BCUT2D eigenvalue weighted by atomic mass is 10.0. The first kappa shape index (κ1) is 28.5. The van der Waals surface area contributed by atoms with Crippen molar-refractivity contribution in [1.29, 1.82) is 0 Å². The van der Waals surface area contributed by atoms with Gasteiger partial charge in [0.25, 0.3) is 5.91 Å². The van der Waals surface area contributed by atoms with Crippen molar-refractivity contribution in [2.75, 3.05) is 62.9 Å². The van der Waals surface area contributed by atoms with Crippen LogP contribution in [-0.4, -0.2) is 78.0 Å². The third-order valence-electron chi connectivity index (χ3n) is 6.65. The van der Waals surface area contributed by atoms with Crippen LogP contribution in [0.15, 0.2) is 65.7 Å². The van der Waals surface area contributed by atoms with Crippen molar-refractivity contribution in [3.05, 3.63) is 66.4 Å². The van der Waals surface area contributed by atoms with Gasteiger partial charge in [-0.3, -0.25) is 4.79 Å². The highest BCUT2D eigenvalue weighted by Crippen LogP contribution is 2.25. The number of ether oxygens (including phenoxy) is 1. The minimum Gasteiger partial charge on any atom is -0.497 e. The molecule has 3 aromatic rings. The number of benzene rings is 2. The van der Waals surface area contributed by atoms with Gasteiger partial charge in [-0.2, -0.15) is 0 Å². The molecule has 10 nitrogen and oxygen atoms in total. The summed E-state index contributed by atoms with van der Waals surface area (Å²) in [6.45, 7) is 6.17. The first-order valence-corrected chi connectivity index (χ1v) is 15.1. The standard InChI is InChI=1S/C24H28N4O4S.C4H10N2/c1-32-21-9-5-17(6-10-21)24(29)27-19-4-3-13-28(16-19)23-14-20(15-25-23)26-18-7-11-22(12-8-18)33(2,30)31;1-2-6-4-3-5-1/h5-12,14-15,19,25-26H,3-4,13,16H2,1-2H3,(H,27,29);5-6H,1-4H2/t19-;/m1./s1. The molecule has 5 rings (SSSR count). The lowest BCUT2D eigenvalue weighted by Gasteiger charge is -2.33. The molecule has 2 fully saturated rings. The third-order valence-corrected chi connectivity index (χ3v) is 7.77. The summed E-state index contributed by atoms with van der Waals surface area (Å²) < 4.78 is 28.4. The number of H-pyrrole nitrogens is 1. The van der Waals surface area contributed by atoms with E-state index in [-0.39, 0.29) is 11.9 Å². The highest BCUT2D eigenvalue weighted by Gasteiger charge is 2.23. The maximum absolute atomic E-state index is 12.6. The number of nitrogens with one attached hydrogen (secondary N) is 5. The number of amides is 1. The van der Waals surface area contributed by atoms with Gasteiger partial charge < -0.3 is 35.9 Å². The fourth-order valence-electron chi connectivity index (χ4n) is 4.52. The van der Waals surface area contributed by atoms with Crippen molar-refractivity contribution in [3.63, 3.8) is 0 Å². The topological polar surface area (TPSA) is 128 Å². The van der Waals surface area contributed by atoms with Crippen LogP contribution in [-0.2, 0) is 9.84 Å². The Morgan fingerprint density at radius 1 is 0.974 bits per heavy atom. The monoisotopic (exact) mass is 554 g/mol. The molecule has 0 aliphatic carbocycles. The Hall–Kier alpha value is -3.54. The van der Waals surface area contributed by atoms with Gasteiger partial charge in [0.2, 0.25) is 0 Å². The molecule has 1 atom stereocenters. The van der Waals surface area contributed by atoms with Gasteiger partial charge in [-0.25, -0.2) is 8.42 Å². The van der Waals surface area contributed by atoms with Gasteiger partial charge >= 0.3 is 0 Å². The third kappa shape index (κ3) is 8.47. The van der Waals surface area contributed by atoms with E-state index in [4.69, 9.17) is 4.74 Å². The number of nitrogens with zero attached hydrogens (tertiary/aromatic N) is 1. The predicted octanol–water partition coefficient (Wildman–Crippen LogP) is 2.75. The van der Waals surface area contributed by atoms with Crippen LogP contribution in [0.1, 0.15) is 23.2 Å². The number of carbonyl (C=O) groups excluding carboxylic acids is 1. The molecule has 39 heavy (non-hydrogen) atoms. The van der Waals surface area contributed by atoms with Gasteiger partial charge in [-0.1, -0.05) is 0 Å². The molecule has 1 aromatic heterocycles. The van der Waals surface area contributed by atoms with Crippen molar-refractivity contribution >= 4 is 32.9 Å². The zero-order chi connectivity index (χ0) is 27.7. The summed E-state index contributed by atoms with van der Waals surface area (Å²) in [5.41, 5.74) is 2.29. The van der Waals surface area contributed by atoms with Crippen LogP contribution >= 0.6 is 0 Å². The van der Waals surface area contributed by atoms with E-state index in [1.54, 1.807) is 55.6 Å². The van der Waals surface area contributed by atoms with Crippen LogP contribution in [0.5, 0.6) is 5.75 Å². The number of hydrogen-bond acceptors (Lipinski definition) is 8. The Bertz CT molecular complexity index is 1290. The summed E-state index contributed by atoms with van der Waals surface area (Å²) in [5.74, 6) is 1.60. The van der Waals surface area contributed by atoms with E-state index >= 15 is 0 Å². The van der Waals surface area contributed by atoms with Crippen molar-refractivity contribution in [1.82, 2.24) is 20.9 Å². The summed E-state index contributed by atoms with van der Waals surface area (Å²) in [6.07, 6.45) is 4.97. The molecule has 5 N–H and O–H groups in total. The van der Waals surface area contributed by atoms with Gasteiger partial charge in [-0.05, 0) is 61.4 Å². The van der Waals surface area contributed by atoms with E-state index in [2.05, 4.69) is 31.2 Å². The zero-order valence-electron chi connectivity index (χ0n) is 22.5. The molecule has 2 saturated heterocycles. The molecule has 11 heteroatoms. The first-order chi connectivity index (χ1) is 18.8. The molecule has 0 unspecified atom stereocenters. The van der Waals surface area contributed by atoms with Crippen molar-refractivity contribution < 1.29 is 17.9 Å². The molecular formula is C28H38N6O4S. The summed E-state index contributed by atoms with van der Waals surface area (Å²) in [7, 11) is -1.61. The van der Waals surface area contributed by atoms with E-state index in [0.29, 0.717) is 17.0 Å². The fourth-order valence-corrected chi connectivity index (χ4v) is 5.15. The van der Waals surface area contributed by atoms with Crippen LogP contribution < -0.4 is 30.9 Å². The number of piperazine rings is 1. The highest BCUT2D eigenvalue weighted by atomic mass is 32.2. The molecule has 1 amide bonds. The first-order valence-electron chi connectivity index (χ1n) is 13.2. The SMILES string of the molecule is C1CNCCN1.COc1ccc(C(=O)N[C@@H]2CCCN(c3cc(Nc4ccc(S(C)(=O)=O)cc4)c[nH]3)C2)cc1. The van der Waals surface area contributed by atoms with Crippen LogP contribution in [0.3, 0.4) is 0 Å². The Morgan fingerprint density at radius 3 is 2.23 bits per heavy atom. The zero-order valence-corrected chi connectivity index (χ0v) is 23.3. The number of carbonyl (C=O) groups is 1. The fraction of sp³-hybridized carbons (Fsp3) is 0.393. The summed E-state index contributed by atoms with van der Waals surface area (Å²) in [4.78, 5) is 18.4. The summed E-state index contributed by atoms with van der Waals surface area (Å²) in [5, 5.41) is 12.9. The number of sulfone groups is 1. The lowest BCUT2D eigenvalue weighted by molar-refractivity contribution is 0.0933. The van der Waals surface area contributed by atoms with Gasteiger partial charge in [0.15, 0.2) is 9.84 Å². The maximum atomic E-state index is 12.6. The molecule has 0 saturated carbocycles. The second-order valence-corrected chi connectivity index (χ2v) is 11.7. The predicted molar refractivity (Wildman–Crippen MR) is 155 cm³/mol. The largest absolute Gasteiger partial charge is 0.497 e. The number of anilines is 3. The average molecular weight is 555 g/mol. The number of methoxy groups -OCH3 is 1. The van der Waals surface area contributed by atoms with Crippen LogP contribution in [0.2, 0.25) is 0 Å².